The third-order valence-electron chi connectivity index (χ3n) is 6.03. The highest BCUT2D eigenvalue weighted by atomic mass is 35.5. The summed E-state index contributed by atoms with van der Waals surface area (Å²) >= 11 is 12.5. The number of rotatable bonds is 8. The van der Waals surface area contributed by atoms with E-state index in [0.717, 1.165) is 31.2 Å². The van der Waals surface area contributed by atoms with Crippen molar-refractivity contribution in [1.82, 2.24) is 10.2 Å². The van der Waals surface area contributed by atoms with E-state index in [4.69, 9.17) is 23.2 Å². The van der Waals surface area contributed by atoms with Gasteiger partial charge in [-0.05, 0) is 43.0 Å². The number of benzene rings is 2. The van der Waals surface area contributed by atoms with Crippen molar-refractivity contribution in [2.45, 2.75) is 70.5 Å². The lowest BCUT2D eigenvalue weighted by Gasteiger charge is -2.33. The molecule has 1 saturated carbocycles. The third-order valence-corrected chi connectivity index (χ3v) is 6.75. The quantitative estimate of drug-likeness (QED) is 0.510. The minimum atomic E-state index is -0.689. The van der Waals surface area contributed by atoms with Crippen molar-refractivity contribution in [1.29, 1.82) is 0 Å². The summed E-state index contributed by atoms with van der Waals surface area (Å²) in [5.74, 6) is -1.09. The van der Waals surface area contributed by atoms with Gasteiger partial charge in [-0.3, -0.25) is 9.59 Å². The van der Waals surface area contributed by atoms with Gasteiger partial charge in [0.2, 0.25) is 11.8 Å². The van der Waals surface area contributed by atoms with Gasteiger partial charge >= 0.3 is 0 Å². The highest BCUT2D eigenvalue weighted by Gasteiger charge is 2.31. The lowest BCUT2D eigenvalue weighted by Crippen LogP contribution is -2.52. The molecule has 3 rings (SSSR count). The molecule has 1 fully saturated rings. The highest BCUT2D eigenvalue weighted by Crippen LogP contribution is 2.24. The number of carbonyl (C=O) groups is 2. The number of hydrogen-bond acceptors (Lipinski definition) is 2. The minimum Gasteiger partial charge on any atom is -0.352 e. The smallest absolute Gasteiger partial charge is 0.243 e. The van der Waals surface area contributed by atoms with Crippen LogP contribution in [0.15, 0.2) is 42.5 Å². The van der Waals surface area contributed by atoms with Crippen molar-refractivity contribution in [2.24, 2.45) is 0 Å². The van der Waals surface area contributed by atoms with Crippen molar-refractivity contribution in [3.8, 4) is 0 Å². The predicted octanol–water partition coefficient (Wildman–Crippen LogP) is 5.93. The fourth-order valence-corrected chi connectivity index (χ4v) is 4.65. The van der Waals surface area contributed by atoms with E-state index >= 15 is 0 Å². The fraction of sp³-hybridized carbons (Fsp3) is 0.440. The second-order valence-electron chi connectivity index (χ2n) is 8.26. The lowest BCUT2D eigenvalue weighted by molar-refractivity contribution is -0.141. The topological polar surface area (TPSA) is 49.4 Å². The summed E-state index contributed by atoms with van der Waals surface area (Å²) < 4.78 is 14.4. The van der Waals surface area contributed by atoms with E-state index in [1.807, 2.05) is 25.1 Å². The number of amides is 2. The Morgan fingerprint density at radius 3 is 2.41 bits per heavy atom. The first-order chi connectivity index (χ1) is 15.4. The normalized spacial score (nSPS) is 15.2. The molecule has 0 bridgehead atoms. The Hall–Kier alpha value is -2.11. The monoisotopic (exact) mass is 478 g/mol. The van der Waals surface area contributed by atoms with Crippen LogP contribution in [-0.2, 0) is 22.6 Å². The Kier molecular flexibility index (Phi) is 8.94. The summed E-state index contributed by atoms with van der Waals surface area (Å²) in [6.45, 7) is 2.02. The summed E-state index contributed by atoms with van der Waals surface area (Å²) in [5.41, 5.74) is 0.858. The van der Waals surface area contributed by atoms with Gasteiger partial charge in [0, 0.05) is 28.2 Å². The second kappa shape index (κ2) is 11.7. The zero-order valence-electron chi connectivity index (χ0n) is 18.3. The van der Waals surface area contributed by atoms with Gasteiger partial charge in [-0.2, -0.15) is 0 Å². The van der Waals surface area contributed by atoms with Gasteiger partial charge in [-0.25, -0.2) is 4.39 Å². The van der Waals surface area contributed by atoms with Crippen LogP contribution in [0.5, 0.6) is 0 Å². The number of halogens is 3. The largest absolute Gasteiger partial charge is 0.352 e. The first-order valence-corrected chi connectivity index (χ1v) is 11.9. The number of hydrogen-bond donors (Lipinski definition) is 1. The summed E-state index contributed by atoms with van der Waals surface area (Å²) in [5, 5.41) is 3.83. The van der Waals surface area contributed by atoms with Crippen LogP contribution in [0.25, 0.3) is 0 Å². The van der Waals surface area contributed by atoms with Gasteiger partial charge in [-0.15, -0.1) is 0 Å². The van der Waals surface area contributed by atoms with E-state index < -0.39 is 11.9 Å². The first kappa shape index (κ1) is 24.5. The van der Waals surface area contributed by atoms with Crippen LogP contribution in [0.4, 0.5) is 4.39 Å². The van der Waals surface area contributed by atoms with Crippen molar-refractivity contribution < 1.29 is 14.0 Å². The highest BCUT2D eigenvalue weighted by molar-refractivity contribution is 6.31. The molecule has 0 spiro atoms. The molecule has 2 aromatic carbocycles. The Morgan fingerprint density at radius 1 is 1.06 bits per heavy atom. The molecule has 0 unspecified atom stereocenters. The third kappa shape index (κ3) is 6.23. The maximum atomic E-state index is 14.4. The summed E-state index contributed by atoms with van der Waals surface area (Å²) in [4.78, 5) is 28.1. The average molecular weight is 479 g/mol. The van der Waals surface area contributed by atoms with Crippen molar-refractivity contribution in [2.75, 3.05) is 0 Å². The van der Waals surface area contributed by atoms with Crippen LogP contribution in [0.3, 0.4) is 0 Å². The summed E-state index contributed by atoms with van der Waals surface area (Å²) in [7, 11) is 0. The molecule has 0 radical (unpaired) electrons. The van der Waals surface area contributed by atoms with E-state index in [9.17, 15) is 14.0 Å². The molecule has 1 N–H and O–H groups in total. The number of nitrogens with zero attached hydrogens (tertiary/aromatic N) is 1. The summed E-state index contributed by atoms with van der Waals surface area (Å²) in [6.07, 6.45) is 5.47. The van der Waals surface area contributed by atoms with E-state index in [0.29, 0.717) is 11.4 Å². The molecule has 0 aromatic heterocycles. The van der Waals surface area contributed by atoms with Crippen LogP contribution >= 0.6 is 23.2 Å². The Balaban J connectivity index is 1.86. The van der Waals surface area contributed by atoms with Gasteiger partial charge in [0.25, 0.3) is 0 Å². The van der Waals surface area contributed by atoms with Crippen LogP contribution in [0, 0.1) is 5.82 Å². The van der Waals surface area contributed by atoms with Crippen molar-refractivity contribution in [3.05, 3.63) is 69.5 Å². The SMILES string of the molecule is CC[C@@H](C(=O)NC1CCCCC1)N(Cc1ccccc1Cl)C(=O)Cc1c(F)cccc1Cl. The first-order valence-electron chi connectivity index (χ1n) is 11.2. The van der Waals surface area contributed by atoms with E-state index in [1.165, 1.54) is 23.5 Å². The van der Waals surface area contributed by atoms with Crippen LogP contribution in [0.2, 0.25) is 10.0 Å². The molecule has 4 nitrogen and oxygen atoms in total. The predicted molar refractivity (Wildman–Crippen MR) is 126 cm³/mol. The van der Waals surface area contributed by atoms with Gasteiger partial charge < -0.3 is 10.2 Å². The van der Waals surface area contributed by atoms with Crippen molar-refractivity contribution >= 4 is 35.0 Å². The van der Waals surface area contributed by atoms with Gasteiger partial charge in [0.15, 0.2) is 0 Å². The van der Waals surface area contributed by atoms with Crippen LogP contribution < -0.4 is 5.32 Å². The molecule has 0 saturated heterocycles. The van der Waals surface area contributed by atoms with E-state index in [1.54, 1.807) is 12.1 Å². The molecule has 0 aliphatic heterocycles. The molecule has 1 aliphatic carbocycles. The summed E-state index contributed by atoms with van der Waals surface area (Å²) in [6, 6.07) is 11.0. The maximum absolute atomic E-state index is 14.4. The fourth-order valence-electron chi connectivity index (χ4n) is 4.23. The van der Waals surface area contributed by atoms with Crippen LogP contribution in [-0.4, -0.2) is 28.8 Å². The molecular formula is C25H29Cl2FN2O2. The second-order valence-corrected chi connectivity index (χ2v) is 9.07. The Morgan fingerprint density at radius 2 is 1.75 bits per heavy atom. The Bertz CT molecular complexity index is 927. The molecule has 1 atom stereocenters. The molecule has 7 heteroatoms. The zero-order chi connectivity index (χ0) is 23.1. The zero-order valence-corrected chi connectivity index (χ0v) is 19.8. The van der Waals surface area contributed by atoms with Gasteiger partial charge in [-0.1, -0.05) is 73.7 Å². The van der Waals surface area contributed by atoms with E-state index in [2.05, 4.69) is 5.32 Å². The standard InChI is InChI=1S/C25H29Cl2FN2O2/c1-2-23(25(32)29-18-10-4-3-5-11-18)30(16-17-9-6-7-12-20(17)26)24(31)15-19-21(27)13-8-14-22(19)28/h6-9,12-14,18,23H,2-5,10-11,15-16H2,1H3,(H,29,32)/t23-/m0/s1. The Labute approximate surface area is 199 Å². The van der Waals surface area contributed by atoms with E-state index in [-0.39, 0.29) is 41.4 Å². The maximum Gasteiger partial charge on any atom is 0.243 e. The molecule has 2 amide bonds. The lowest BCUT2D eigenvalue weighted by atomic mass is 9.95. The molecule has 0 heterocycles. The molecule has 32 heavy (non-hydrogen) atoms. The number of nitrogens with one attached hydrogen (secondary N) is 1. The minimum absolute atomic E-state index is 0.128. The molecule has 2 aromatic rings. The van der Waals surface area contributed by atoms with Crippen LogP contribution in [0.1, 0.15) is 56.6 Å². The van der Waals surface area contributed by atoms with Gasteiger partial charge in [0.1, 0.15) is 11.9 Å². The molecule has 172 valence electrons. The van der Waals surface area contributed by atoms with Crippen molar-refractivity contribution in [3.63, 3.8) is 0 Å². The number of carbonyl (C=O) groups excluding carboxylic acids is 2. The van der Waals surface area contributed by atoms with Gasteiger partial charge in [0.05, 0.1) is 6.42 Å². The molecule has 1 aliphatic rings. The molecular weight excluding hydrogens is 450 g/mol. The average Bonchev–Trinajstić information content (AvgIpc) is 2.78.